The van der Waals surface area contributed by atoms with Crippen LogP contribution in [0.1, 0.15) is 0 Å². The second-order valence-electron chi connectivity index (χ2n) is 4.02. The van der Waals surface area contributed by atoms with Crippen LogP contribution in [0.4, 0.5) is 0 Å². The summed E-state index contributed by atoms with van der Waals surface area (Å²) < 4.78 is 1.61. The van der Waals surface area contributed by atoms with Gasteiger partial charge in [0.25, 0.3) is 0 Å². The minimum atomic E-state index is 0.454. The molecule has 0 bridgehead atoms. The second-order valence-corrected chi connectivity index (χ2v) is 5.27. The van der Waals surface area contributed by atoms with Gasteiger partial charge in [0.15, 0.2) is 5.82 Å². The van der Waals surface area contributed by atoms with Crippen molar-refractivity contribution in [3.63, 3.8) is 0 Å². The topological polar surface area (TPSA) is 43.6 Å². The normalized spacial score (nSPS) is 10.8. The van der Waals surface area contributed by atoms with Crippen LogP contribution in [-0.4, -0.2) is 20.2 Å². The molecule has 7 heteroatoms. The van der Waals surface area contributed by atoms with Crippen molar-refractivity contribution in [2.75, 3.05) is 0 Å². The zero-order valence-electron chi connectivity index (χ0n) is 9.96. The van der Waals surface area contributed by atoms with Crippen LogP contribution in [0.5, 0.6) is 0 Å². The number of halogens is 3. The van der Waals surface area contributed by atoms with Crippen molar-refractivity contribution in [3.05, 3.63) is 57.5 Å². The van der Waals surface area contributed by atoms with Crippen molar-refractivity contribution in [2.24, 2.45) is 0 Å². The summed E-state index contributed by atoms with van der Waals surface area (Å²) in [6.07, 6.45) is 0. The summed E-state index contributed by atoms with van der Waals surface area (Å²) in [6.45, 7) is 0. The molecule has 100 valence electrons. The SMILES string of the molecule is Clc1ccc(-n2nnnc2-c2ccc(Cl)c(Cl)c2)cc1. The minimum Gasteiger partial charge on any atom is -0.193 e. The Balaban J connectivity index is 2.10. The van der Waals surface area contributed by atoms with Gasteiger partial charge in [0.2, 0.25) is 0 Å². The Morgan fingerprint density at radius 3 is 2.30 bits per heavy atom. The Bertz CT molecular complexity index is 753. The average Bonchev–Trinajstić information content (AvgIpc) is 2.92. The predicted octanol–water partition coefficient (Wildman–Crippen LogP) is 4.29. The van der Waals surface area contributed by atoms with E-state index < -0.39 is 0 Å². The molecule has 0 radical (unpaired) electrons. The molecule has 0 unspecified atom stereocenters. The molecule has 3 rings (SSSR count). The van der Waals surface area contributed by atoms with E-state index in [4.69, 9.17) is 34.8 Å². The van der Waals surface area contributed by atoms with Crippen LogP contribution in [0.3, 0.4) is 0 Å². The summed E-state index contributed by atoms with van der Waals surface area (Å²) in [5, 5.41) is 13.3. The molecule has 0 amide bonds. The fourth-order valence-electron chi connectivity index (χ4n) is 1.76. The van der Waals surface area contributed by atoms with Crippen molar-refractivity contribution in [3.8, 4) is 17.1 Å². The second kappa shape index (κ2) is 5.40. The van der Waals surface area contributed by atoms with Crippen LogP contribution in [0.25, 0.3) is 17.1 Å². The zero-order valence-corrected chi connectivity index (χ0v) is 12.2. The molecule has 20 heavy (non-hydrogen) atoms. The number of hydrogen-bond acceptors (Lipinski definition) is 3. The highest BCUT2D eigenvalue weighted by molar-refractivity contribution is 6.42. The molecule has 1 heterocycles. The number of aromatic nitrogens is 4. The Hall–Kier alpha value is -1.62. The fraction of sp³-hybridized carbons (Fsp3) is 0. The molecule has 1 aromatic heterocycles. The standard InChI is InChI=1S/C13H7Cl3N4/c14-9-2-4-10(5-3-9)20-13(17-18-19-20)8-1-6-11(15)12(16)7-8/h1-7H. The third-order valence-electron chi connectivity index (χ3n) is 2.72. The van der Waals surface area contributed by atoms with Crippen molar-refractivity contribution in [2.45, 2.75) is 0 Å². The van der Waals surface area contributed by atoms with Crippen molar-refractivity contribution in [1.29, 1.82) is 0 Å². The van der Waals surface area contributed by atoms with Gasteiger partial charge >= 0.3 is 0 Å². The third kappa shape index (κ3) is 2.50. The Morgan fingerprint density at radius 1 is 0.850 bits per heavy atom. The van der Waals surface area contributed by atoms with E-state index >= 15 is 0 Å². The molecule has 0 aliphatic carbocycles. The van der Waals surface area contributed by atoms with E-state index in [1.54, 1.807) is 28.9 Å². The lowest BCUT2D eigenvalue weighted by Crippen LogP contribution is -1.99. The van der Waals surface area contributed by atoms with E-state index in [-0.39, 0.29) is 0 Å². The number of rotatable bonds is 2. The molecule has 2 aromatic carbocycles. The molecule has 0 saturated heterocycles. The first kappa shape index (κ1) is 13.4. The van der Waals surface area contributed by atoms with E-state index in [1.807, 2.05) is 18.2 Å². The zero-order chi connectivity index (χ0) is 14.1. The summed E-state index contributed by atoms with van der Waals surface area (Å²) in [5.74, 6) is 0.575. The van der Waals surface area contributed by atoms with Gasteiger partial charge in [-0.2, -0.15) is 4.68 Å². The highest BCUT2D eigenvalue weighted by atomic mass is 35.5. The summed E-state index contributed by atoms with van der Waals surface area (Å²) >= 11 is 17.8. The van der Waals surface area contributed by atoms with E-state index in [9.17, 15) is 0 Å². The Morgan fingerprint density at radius 2 is 1.60 bits per heavy atom. The van der Waals surface area contributed by atoms with Crippen molar-refractivity contribution in [1.82, 2.24) is 20.2 Å². The van der Waals surface area contributed by atoms with Crippen LogP contribution < -0.4 is 0 Å². The van der Waals surface area contributed by atoms with Crippen molar-refractivity contribution >= 4 is 34.8 Å². The maximum absolute atomic E-state index is 6.02. The van der Waals surface area contributed by atoms with Gasteiger partial charge in [0.1, 0.15) is 0 Å². The van der Waals surface area contributed by atoms with Gasteiger partial charge in [0.05, 0.1) is 15.7 Å². The molecule has 4 nitrogen and oxygen atoms in total. The molecule has 0 fully saturated rings. The van der Waals surface area contributed by atoms with Crippen LogP contribution in [0, 0.1) is 0 Å². The molecule has 0 saturated carbocycles. The van der Waals surface area contributed by atoms with Crippen LogP contribution in [0.2, 0.25) is 15.1 Å². The summed E-state index contributed by atoms with van der Waals surface area (Å²) in [6, 6.07) is 12.5. The van der Waals surface area contributed by atoms with E-state index in [1.165, 1.54) is 0 Å². The monoisotopic (exact) mass is 324 g/mol. The van der Waals surface area contributed by atoms with Crippen LogP contribution >= 0.6 is 34.8 Å². The number of hydrogen-bond donors (Lipinski definition) is 0. The van der Waals surface area contributed by atoms with E-state index in [2.05, 4.69) is 15.5 Å². The van der Waals surface area contributed by atoms with Gasteiger partial charge in [-0.05, 0) is 52.9 Å². The van der Waals surface area contributed by atoms with Gasteiger partial charge in [-0.3, -0.25) is 0 Å². The molecule has 3 aromatic rings. The number of nitrogens with zero attached hydrogens (tertiary/aromatic N) is 4. The van der Waals surface area contributed by atoms with Gasteiger partial charge in [-0.25, -0.2) is 0 Å². The Labute approximate surface area is 129 Å². The maximum Gasteiger partial charge on any atom is 0.187 e. The van der Waals surface area contributed by atoms with E-state index in [0.29, 0.717) is 20.9 Å². The lowest BCUT2D eigenvalue weighted by molar-refractivity contribution is 0.791. The summed E-state index contributed by atoms with van der Waals surface area (Å²) in [7, 11) is 0. The van der Waals surface area contributed by atoms with Gasteiger partial charge in [-0.15, -0.1) is 5.10 Å². The molecule has 0 N–H and O–H groups in total. The summed E-state index contributed by atoms with van der Waals surface area (Å²) in [4.78, 5) is 0. The highest BCUT2D eigenvalue weighted by Crippen LogP contribution is 2.28. The van der Waals surface area contributed by atoms with Gasteiger partial charge < -0.3 is 0 Å². The molecular weight excluding hydrogens is 319 g/mol. The number of tetrazole rings is 1. The largest absolute Gasteiger partial charge is 0.193 e. The minimum absolute atomic E-state index is 0.454. The lowest BCUT2D eigenvalue weighted by atomic mass is 10.2. The molecule has 0 aliphatic heterocycles. The molecule has 0 spiro atoms. The molecule has 0 atom stereocenters. The van der Waals surface area contributed by atoms with Gasteiger partial charge in [0, 0.05) is 10.6 Å². The van der Waals surface area contributed by atoms with Crippen molar-refractivity contribution < 1.29 is 0 Å². The number of benzene rings is 2. The first-order valence-corrected chi connectivity index (χ1v) is 6.78. The smallest absolute Gasteiger partial charge is 0.187 e. The Kier molecular flexibility index (Phi) is 3.61. The quantitative estimate of drug-likeness (QED) is 0.706. The van der Waals surface area contributed by atoms with Crippen LogP contribution in [-0.2, 0) is 0 Å². The molecule has 0 aliphatic rings. The van der Waals surface area contributed by atoms with Gasteiger partial charge in [-0.1, -0.05) is 34.8 Å². The fourth-order valence-corrected chi connectivity index (χ4v) is 2.18. The third-order valence-corrected chi connectivity index (χ3v) is 3.71. The summed E-state index contributed by atoms with van der Waals surface area (Å²) in [5.41, 5.74) is 1.58. The first-order valence-electron chi connectivity index (χ1n) is 5.65. The lowest BCUT2D eigenvalue weighted by Gasteiger charge is -2.05. The predicted molar refractivity (Wildman–Crippen MR) is 79.6 cm³/mol. The van der Waals surface area contributed by atoms with E-state index in [0.717, 1.165) is 11.3 Å². The van der Waals surface area contributed by atoms with Crippen LogP contribution in [0.15, 0.2) is 42.5 Å². The molecular formula is C13H7Cl3N4. The maximum atomic E-state index is 6.02. The highest BCUT2D eigenvalue weighted by Gasteiger charge is 2.12. The average molecular weight is 326 g/mol. The first-order chi connectivity index (χ1) is 9.65.